The molecule has 0 aliphatic heterocycles. The molecule has 1 aromatic heterocycles. The SMILES string of the molecule is Oc1c(/N=N/c2nc[nH]n2)c(S)cc2ccccc12. The fraction of sp³-hybridized carbons (Fsp3) is 0. The summed E-state index contributed by atoms with van der Waals surface area (Å²) in [6, 6.07) is 9.26. The van der Waals surface area contributed by atoms with Crippen LogP contribution in [0.1, 0.15) is 0 Å². The van der Waals surface area contributed by atoms with Crippen LogP contribution in [0.4, 0.5) is 11.6 Å². The van der Waals surface area contributed by atoms with Gasteiger partial charge in [0.2, 0.25) is 0 Å². The van der Waals surface area contributed by atoms with E-state index in [9.17, 15) is 5.11 Å². The summed E-state index contributed by atoms with van der Waals surface area (Å²) < 4.78 is 0. The van der Waals surface area contributed by atoms with Crippen molar-refractivity contribution in [2.24, 2.45) is 10.2 Å². The molecule has 2 N–H and O–H groups in total. The van der Waals surface area contributed by atoms with Gasteiger partial charge >= 0.3 is 0 Å². The lowest BCUT2D eigenvalue weighted by Crippen LogP contribution is -1.78. The van der Waals surface area contributed by atoms with Crippen LogP contribution in [-0.4, -0.2) is 20.3 Å². The molecule has 19 heavy (non-hydrogen) atoms. The Labute approximate surface area is 113 Å². The number of aromatic nitrogens is 3. The van der Waals surface area contributed by atoms with E-state index in [4.69, 9.17) is 0 Å². The van der Waals surface area contributed by atoms with Gasteiger partial charge in [0, 0.05) is 10.3 Å². The van der Waals surface area contributed by atoms with Crippen molar-refractivity contribution in [2.45, 2.75) is 4.90 Å². The van der Waals surface area contributed by atoms with Crippen molar-refractivity contribution in [2.75, 3.05) is 0 Å². The third-order valence-electron chi connectivity index (χ3n) is 2.62. The summed E-state index contributed by atoms with van der Waals surface area (Å²) in [5.74, 6) is 0.239. The van der Waals surface area contributed by atoms with E-state index in [0.29, 0.717) is 16.0 Å². The number of benzene rings is 2. The van der Waals surface area contributed by atoms with Crippen LogP contribution in [0.25, 0.3) is 10.8 Å². The molecule has 1 heterocycles. The molecular weight excluding hydrogens is 262 g/mol. The molecule has 0 saturated heterocycles. The minimum atomic E-state index is 0.0439. The second-order valence-corrected chi connectivity index (χ2v) is 4.29. The summed E-state index contributed by atoms with van der Waals surface area (Å²) in [6.45, 7) is 0. The van der Waals surface area contributed by atoms with Crippen LogP contribution in [-0.2, 0) is 0 Å². The average Bonchev–Trinajstić information content (AvgIpc) is 2.92. The second-order valence-electron chi connectivity index (χ2n) is 3.81. The number of thiol groups is 1. The number of rotatable bonds is 2. The summed E-state index contributed by atoms with van der Waals surface area (Å²) in [4.78, 5) is 4.36. The largest absolute Gasteiger partial charge is 0.505 e. The van der Waals surface area contributed by atoms with Gasteiger partial charge in [0.05, 0.1) is 0 Å². The van der Waals surface area contributed by atoms with E-state index in [1.807, 2.05) is 30.3 Å². The second kappa shape index (κ2) is 4.69. The Hall–Kier alpha value is -2.41. The number of azo groups is 1. The van der Waals surface area contributed by atoms with E-state index in [-0.39, 0.29) is 11.7 Å². The van der Waals surface area contributed by atoms with Crippen molar-refractivity contribution < 1.29 is 5.11 Å². The zero-order chi connectivity index (χ0) is 13.2. The van der Waals surface area contributed by atoms with Crippen LogP contribution >= 0.6 is 12.6 Å². The predicted octanol–water partition coefficient (Wildman–Crippen LogP) is 3.37. The van der Waals surface area contributed by atoms with E-state index in [1.54, 1.807) is 0 Å². The Kier molecular flexibility index (Phi) is 2.88. The van der Waals surface area contributed by atoms with Crippen LogP contribution in [0.15, 0.2) is 51.8 Å². The van der Waals surface area contributed by atoms with Crippen molar-refractivity contribution >= 4 is 35.0 Å². The Morgan fingerprint density at radius 1 is 1.21 bits per heavy atom. The monoisotopic (exact) mass is 271 g/mol. The lowest BCUT2D eigenvalue weighted by atomic mass is 10.1. The Morgan fingerprint density at radius 2 is 2.05 bits per heavy atom. The molecule has 0 saturated carbocycles. The third-order valence-corrected chi connectivity index (χ3v) is 2.96. The standard InChI is InChI=1S/C12H9N5OS/c18-11-8-4-2-1-3-7(8)5-9(19)10(11)15-17-12-13-6-14-16-12/h1-6,18-19H,(H,13,14,16)/b17-15+. The van der Waals surface area contributed by atoms with Gasteiger partial charge < -0.3 is 5.11 Å². The summed E-state index contributed by atoms with van der Waals surface area (Å²) in [6.07, 6.45) is 1.40. The molecule has 6 nitrogen and oxygen atoms in total. The number of nitrogens with one attached hydrogen (secondary N) is 1. The van der Waals surface area contributed by atoms with Gasteiger partial charge in [0.15, 0.2) is 5.75 Å². The number of nitrogens with zero attached hydrogens (tertiary/aromatic N) is 4. The highest BCUT2D eigenvalue weighted by Gasteiger charge is 2.10. The smallest absolute Gasteiger partial charge is 0.287 e. The number of phenols is 1. The minimum absolute atomic E-state index is 0.0439. The van der Waals surface area contributed by atoms with Crippen LogP contribution in [0.3, 0.4) is 0 Å². The van der Waals surface area contributed by atoms with Gasteiger partial charge in [-0.15, -0.1) is 28.0 Å². The number of hydrogen-bond acceptors (Lipinski definition) is 6. The first-order valence-corrected chi connectivity index (χ1v) is 5.91. The van der Waals surface area contributed by atoms with Crippen molar-refractivity contribution in [3.8, 4) is 5.75 Å². The molecule has 0 spiro atoms. The number of phenolic OH excluding ortho intramolecular Hbond substituents is 1. The molecule has 0 aliphatic rings. The van der Waals surface area contributed by atoms with E-state index < -0.39 is 0 Å². The lowest BCUT2D eigenvalue weighted by Gasteiger charge is -2.06. The maximum Gasteiger partial charge on any atom is 0.287 e. The van der Waals surface area contributed by atoms with E-state index >= 15 is 0 Å². The van der Waals surface area contributed by atoms with Gasteiger partial charge in [-0.25, -0.2) is 0 Å². The topological polar surface area (TPSA) is 86.5 Å². The summed E-state index contributed by atoms with van der Waals surface area (Å²) >= 11 is 4.31. The number of fused-ring (bicyclic) bond motifs is 1. The molecule has 3 rings (SSSR count). The summed E-state index contributed by atoms with van der Waals surface area (Å²) in [7, 11) is 0. The number of hydrogen-bond donors (Lipinski definition) is 3. The lowest BCUT2D eigenvalue weighted by molar-refractivity contribution is 0.481. The molecule has 0 atom stereocenters. The molecule has 0 radical (unpaired) electrons. The highest BCUT2D eigenvalue weighted by Crippen LogP contribution is 2.40. The van der Waals surface area contributed by atoms with Gasteiger partial charge in [-0.05, 0) is 11.5 Å². The van der Waals surface area contributed by atoms with Crippen LogP contribution < -0.4 is 0 Å². The van der Waals surface area contributed by atoms with Gasteiger partial charge in [0.1, 0.15) is 12.0 Å². The van der Waals surface area contributed by atoms with Gasteiger partial charge in [0.25, 0.3) is 5.95 Å². The first kappa shape index (κ1) is 11.7. The van der Waals surface area contributed by atoms with Gasteiger partial charge in [-0.3, -0.25) is 5.10 Å². The molecule has 0 aliphatic carbocycles. The molecular formula is C12H9N5OS. The predicted molar refractivity (Wildman–Crippen MR) is 73.4 cm³/mol. The fourth-order valence-corrected chi connectivity index (χ4v) is 2.04. The number of H-pyrrole nitrogens is 1. The fourth-order valence-electron chi connectivity index (χ4n) is 1.75. The van der Waals surface area contributed by atoms with Crippen molar-refractivity contribution in [3.05, 3.63) is 36.7 Å². The van der Waals surface area contributed by atoms with Crippen molar-refractivity contribution in [3.63, 3.8) is 0 Å². The van der Waals surface area contributed by atoms with Gasteiger partial charge in [-0.2, -0.15) is 4.98 Å². The van der Waals surface area contributed by atoms with Crippen molar-refractivity contribution in [1.82, 2.24) is 15.2 Å². The molecule has 0 unspecified atom stereocenters. The zero-order valence-electron chi connectivity index (χ0n) is 9.65. The Balaban J connectivity index is 2.13. The normalized spacial score (nSPS) is 11.4. The Morgan fingerprint density at radius 3 is 2.84 bits per heavy atom. The zero-order valence-corrected chi connectivity index (χ0v) is 10.5. The minimum Gasteiger partial charge on any atom is -0.505 e. The highest BCUT2D eigenvalue weighted by molar-refractivity contribution is 7.80. The first-order chi connectivity index (χ1) is 9.25. The maximum absolute atomic E-state index is 10.2. The number of aromatic amines is 1. The van der Waals surface area contributed by atoms with E-state index in [1.165, 1.54) is 6.33 Å². The molecule has 0 bridgehead atoms. The molecule has 0 fully saturated rings. The molecule has 94 valence electrons. The highest BCUT2D eigenvalue weighted by atomic mass is 32.1. The summed E-state index contributed by atoms with van der Waals surface area (Å²) in [5.41, 5.74) is 0.298. The molecule has 3 aromatic rings. The summed E-state index contributed by atoms with van der Waals surface area (Å²) in [5, 5.41) is 25.9. The maximum atomic E-state index is 10.2. The van der Waals surface area contributed by atoms with Crippen LogP contribution in [0, 0.1) is 0 Å². The molecule has 7 heteroatoms. The Bertz CT molecular complexity index is 754. The van der Waals surface area contributed by atoms with Gasteiger partial charge in [-0.1, -0.05) is 24.3 Å². The number of aromatic hydroxyl groups is 1. The third kappa shape index (κ3) is 2.15. The quantitative estimate of drug-likeness (QED) is 0.493. The first-order valence-electron chi connectivity index (χ1n) is 5.47. The van der Waals surface area contributed by atoms with E-state index in [2.05, 4.69) is 38.0 Å². The van der Waals surface area contributed by atoms with E-state index in [0.717, 1.165) is 5.39 Å². The van der Waals surface area contributed by atoms with Crippen LogP contribution in [0.5, 0.6) is 5.75 Å². The average molecular weight is 271 g/mol. The molecule has 0 amide bonds. The van der Waals surface area contributed by atoms with Crippen LogP contribution in [0.2, 0.25) is 0 Å². The van der Waals surface area contributed by atoms with Crippen molar-refractivity contribution in [1.29, 1.82) is 0 Å². The molecule has 2 aromatic carbocycles.